The second kappa shape index (κ2) is 7.39. The van der Waals surface area contributed by atoms with Gasteiger partial charge in [0.05, 0.1) is 0 Å². The Kier molecular flexibility index (Phi) is 5.24. The number of amides is 1. The second-order valence-corrected chi connectivity index (χ2v) is 7.39. The Morgan fingerprint density at radius 1 is 1.29 bits per heavy atom. The molecule has 0 aliphatic carbocycles. The zero-order chi connectivity index (χ0) is 17.1. The fourth-order valence-electron chi connectivity index (χ4n) is 3.52. The van der Waals surface area contributed by atoms with Gasteiger partial charge in [-0.25, -0.2) is 0 Å². The molecular weight excluding hydrogens is 298 g/mol. The van der Waals surface area contributed by atoms with Crippen LogP contribution in [0.25, 0.3) is 10.9 Å². The van der Waals surface area contributed by atoms with Crippen LogP contribution in [0.3, 0.4) is 0 Å². The Labute approximate surface area is 144 Å². The van der Waals surface area contributed by atoms with Crippen molar-refractivity contribution in [1.82, 2.24) is 15.2 Å². The number of aromatic amines is 1. The van der Waals surface area contributed by atoms with Gasteiger partial charge in [-0.05, 0) is 50.4 Å². The number of hydrogen-bond acceptors (Lipinski definition) is 2. The summed E-state index contributed by atoms with van der Waals surface area (Å²) in [6, 6.07) is 8.52. The molecular formula is C20H29N3O. The van der Waals surface area contributed by atoms with Crippen LogP contribution < -0.4 is 5.32 Å². The number of hydrogen-bond donors (Lipinski definition) is 2. The molecule has 3 rings (SSSR count). The molecule has 130 valence electrons. The van der Waals surface area contributed by atoms with Gasteiger partial charge in [0.2, 0.25) is 5.91 Å². The number of carbonyl (C=O) groups is 1. The van der Waals surface area contributed by atoms with Crippen molar-refractivity contribution in [3.8, 4) is 0 Å². The molecule has 4 heteroatoms. The minimum Gasteiger partial charge on any atom is -0.357 e. The third kappa shape index (κ3) is 3.81. The number of aromatic nitrogens is 1. The molecule has 2 aromatic rings. The van der Waals surface area contributed by atoms with Crippen molar-refractivity contribution in [3.63, 3.8) is 0 Å². The van der Waals surface area contributed by atoms with Crippen molar-refractivity contribution in [2.45, 2.75) is 40.2 Å². The molecule has 1 aliphatic rings. The van der Waals surface area contributed by atoms with E-state index in [4.69, 9.17) is 0 Å². The molecule has 2 heterocycles. The maximum Gasteiger partial charge on any atom is 0.222 e. The van der Waals surface area contributed by atoms with Gasteiger partial charge >= 0.3 is 0 Å². The molecule has 0 unspecified atom stereocenters. The minimum atomic E-state index is 0.0788. The number of rotatable bonds is 5. The number of carbonyl (C=O) groups excluding carboxylic acids is 1. The van der Waals surface area contributed by atoms with Crippen molar-refractivity contribution >= 4 is 16.8 Å². The van der Waals surface area contributed by atoms with Gasteiger partial charge in [0.15, 0.2) is 0 Å². The zero-order valence-electron chi connectivity index (χ0n) is 15.1. The molecule has 1 amide bonds. The van der Waals surface area contributed by atoms with E-state index >= 15 is 0 Å². The summed E-state index contributed by atoms with van der Waals surface area (Å²) in [5, 5.41) is 4.41. The van der Waals surface area contributed by atoms with Crippen LogP contribution in [0, 0.1) is 18.8 Å². The number of nitrogens with one attached hydrogen (secondary N) is 2. The van der Waals surface area contributed by atoms with Gasteiger partial charge < -0.3 is 10.3 Å². The predicted molar refractivity (Wildman–Crippen MR) is 98.9 cm³/mol. The van der Waals surface area contributed by atoms with Crippen LogP contribution >= 0.6 is 0 Å². The highest BCUT2D eigenvalue weighted by atomic mass is 16.1. The number of piperidine rings is 1. The van der Waals surface area contributed by atoms with Crippen LogP contribution in [0.1, 0.15) is 37.9 Å². The fraction of sp³-hybridized carbons (Fsp3) is 0.550. The maximum atomic E-state index is 11.7. The first-order chi connectivity index (χ1) is 11.5. The van der Waals surface area contributed by atoms with Gasteiger partial charge in [0.1, 0.15) is 0 Å². The van der Waals surface area contributed by atoms with Crippen LogP contribution in [0.2, 0.25) is 0 Å². The van der Waals surface area contributed by atoms with Gasteiger partial charge in [-0.3, -0.25) is 9.69 Å². The first kappa shape index (κ1) is 17.0. The Hall–Kier alpha value is -1.81. The van der Waals surface area contributed by atoms with Gasteiger partial charge in [-0.15, -0.1) is 0 Å². The Balaban J connectivity index is 1.51. The molecule has 1 aromatic heterocycles. The smallest absolute Gasteiger partial charge is 0.222 e. The van der Waals surface area contributed by atoms with Crippen molar-refractivity contribution in [2.24, 2.45) is 11.8 Å². The van der Waals surface area contributed by atoms with Crippen LogP contribution in [-0.4, -0.2) is 35.4 Å². The molecule has 2 N–H and O–H groups in total. The summed E-state index contributed by atoms with van der Waals surface area (Å²) in [6.07, 6.45) is 2.33. The average Bonchev–Trinajstić information content (AvgIpc) is 2.90. The summed E-state index contributed by atoms with van der Waals surface area (Å²) in [4.78, 5) is 17.8. The standard InChI is InChI=1S/C20H29N3O/c1-14(2)20(24)21-12-16-8-10-23(11-9-16)13-19-15(3)17-6-4-5-7-18(17)22-19/h4-7,14,16,22H,8-13H2,1-3H3,(H,21,24). The zero-order valence-corrected chi connectivity index (χ0v) is 15.1. The fourth-order valence-corrected chi connectivity index (χ4v) is 3.52. The number of fused-ring (bicyclic) bond motifs is 1. The monoisotopic (exact) mass is 327 g/mol. The molecule has 0 atom stereocenters. The largest absolute Gasteiger partial charge is 0.357 e. The number of nitrogens with zero attached hydrogens (tertiary/aromatic N) is 1. The van der Waals surface area contributed by atoms with E-state index < -0.39 is 0 Å². The molecule has 0 saturated carbocycles. The van der Waals surface area contributed by atoms with E-state index in [2.05, 4.69) is 46.4 Å². The molecule has 4 nitrogen and oxygen atoms in total. The first-order valence-electron chi connectivity index (χ1n) is 9.11. The minimum absolute atomic E-state index is 0.0788. The highest BCUT2D eigenvalue weighted by molar-refractivity contribution is 5.84. The summed E-state index contributed by atoms with van der Waals surface area (Å²) < 4.78 is 0. The molecule has 24 heavy (non-hydrogen) atoms. The van der Waals surface area contributed by atoms with Crippen molar-refractivity contribution in [3.05, 3.63) is 35.5 Å². The van der Waals surface area contributed by atoms with Crippen molar-refractivity contribution in [2.75, 3.05) is 19.6 Å². The van der Waals surface area contributed by atoms with E-state index in [0.717, 1.165) is 39.0 Å². The lowest BCUT2D eigenvalue weighted by Gasteiger charge is -2.32. The highest BCUT2D eigenvalue weighted by Gasteiger charge is 2.21. The van der Waals surface area contributed by atoms with Gasteiger partial charge in [0.25, 0.3) is 0 Å². The summed E-state index contributed by atoms with van der Waals surface area (Å²) >= 11 is 0. The molecule has 0 bridgehead atoms. The predicted octanol–water partition coefficient (Wildman–Crippen LogP) is 3.46. The number of benzene rings is 1. The average molecular weight is 327 g/mol. The lowest BCUT2D eigenvalue weighted by molar-refractivity contribution is -0.124. The van der Waals surface area contributed by atoms with Crippen LogP contribution in [-0.2, 0) is 11.3 Å². The summed E-state index contributed by atoms with van der Waals surface area (Å²) in [5.41, 5.74) is 3.94. The topological polar surface area (TPSA) is 48.1 Å². The Morgan fingerprint density at radius 2 is 2.00 bits per heavy atom. The molecule has 1 fully saturated rings. The summed E-state index contributed by atoms with van der Waals surface area (Å²) in [7, 11) is 0. The SMILES string of the molecule is Cc1c(CN2CCC(CNC(=O)C(C)C)CC2)[nH]c2ccccc12. The molecule has 1 aliphatic heterocycles. The van der Waals surface area contributed by atoms with Crippen LogP contribution in [0.4, 0.5) is 0 Å². The van der Waals surface area contributed by atoms with E-state index in [1.54, 1.807) is 0 Å². The van der Waals surface area contributed by atoms with Crippen LogP contribution in [0.15, 0.2) is 24.3 Å². The third-order valence-corrected chi connectivity index (χ3v) is 5.25. The second-order valence-electron chi connectivity index (χ2n) is 7.39. The van der Waals surface area contributed by atoms with E-state index in [1.807, 2.05) is 13.8 Å². The Morgan fingerprint density at radius 3 is 2.67 bits per heavy atom. The van der Waals surface area contributed by atoms with E-state index in [0.29, 0.717) is 5.92 Å². The lowest BCUT2D eigenvalue weighted by atomic mass is 9.96. The molecule has 0 radical (unpaired) electrons. The van der Waals surface area contributed by atoms with E-state index in [1.165, 1.54) is 22.2 Å². The molecule has 1 saturated heterocycles. The number of likely N-dealkylation sites (tertiary alicyclic amines) is 1. The molecule has 0 spiro atoms. The summed E-state index contributed by atoms with van der Waals surface area (Å²) in [5.74, 6) is 0.869. The quantitative estimate of drug-likeness (QED) is 0.883. The molecule has 1 aromatic carbocycles. The Bertz CT molecular complexity index is 696. The van der Waals surface area contributed by atoms with Gasteiger partial charge in [-0.2, -0.15) is 0 Å². The van der Waals surface area contributed by atoms with Gasteiger partial charge in [-0.1, -0.05) is 32.0 Å². The normalized spacial score (nSPS) is 16.8. The summed E-state index contributed by atoms with van der Waals surface area (Å²) in [6.45, 7) is 10.1. The first-order valence-corrected chi connectivity index (χ1v) is 9.11. The van der Waals surface area contributed by atoms with Crippen LogP contribution in [0.5, 0.6) is 0 Å². The van der Waals surface area contributed by atoms with Crippen molar-refractivity contribution < 1.29 is 4.79 Å². The van der Waals surface area contributed by atoms with E-state index in [9.17, 15) is 4.79 Å². The third-order valence-electron chi connectivity index (χ3n) is 5.25. The van der Waals surface area contributed by atoms with E-state index in [-0.39, 0.29) is 11.8 Å². The number of para-hydroxylation sites is 1. The number of aryl methyl sites for hydroxylation is 1. The lowest BCUT2D eigenvalue weighted by Crippen LogP contribution is -2.39. The highest BCUT2D eigenvalue weighted by Crippen LogP contribution is 2.24. The maximum absolute atomic E-state index is 11.7. The number of H-pyrrole nitrogens is 1. The van der Waals surface area contributed by atoms with Crippen molar-refractivity contribution in [1.29, 1.82) is 0 Å². The van der Waals surface area contributed by atoms with Gasteiger partial charge in [0, 0.05) is 35.6 Å².